The Morgan fingerprint density at radius 2 is 0.862 bits per heavy atom. The maximum absolute atomic E-state index is 5.99. The van der Waals surface area contributed by atoms with Gasteiger partial charge in [0.25, 0.3) is 0 Å². The minimum atomic E-state index is -1.33. The molecule has 0 aromatic heterocycles. The molecule has 0 saturated heterocycles. The van der Waals surface area contributed by atoms with E-state index in [1.807, 2.05) is 0 Å². The molecule has 0 rings (SSSR count). The van der Waals surface area contributed by atoms with E-state index >= 15 is 0 Å². The second-order valence-corrected chi connectivity index (χ2v) is 15.5. The summed E-state index contributed by atoms with van der Waals surface area (Å²) in [6.45, 7) is 12.7. The third-order valence-electron chi connectivity index (χ3n) is 6.06. The Hall–Kier alpha value is 0.137. The fraction of sp³-hybridized carbons (Fsp3) is 1.00. The number of hydrogen-bond acceptors (Lipinski definition) is 1. The molecule has 29 heavy (non-hydrogen) atoms. The summed E-state index contributed by atoms with van der Waals surface area (Å²) in [5.41, 5.74) is 0. The summed E-state index contributed by atoms with van der Waals surface area (Å²) < 4.78 is 7.15. The number of hydrogen-bond donors (Lipinski definition) is 0. The van der Waals surface area contributed by atoms with Crippen molar-refractivity contribution in [2.45, 2.75) is 136 Å². The Bertz CT molecular complexity index is 338. The second kappa shape index (κ2) is 18.9. The Morgan fingerprint density at radius 1 is 0.517 bits per heavy atom. The summed E-state index contributed by atoms with van der Waals surface area (Å²) in [5.74, 6) is 0. The molecule has 0 N–H and O–H groups in total. The van der Waals surface area contributed by atoms with Gasteiger partial charge in [0.05, 0.1) is 27.2 Å². The fourth-order valence-electron chi connectivity index (χ4n) is 4.07. The van der Waals surface area contributed by atoms with E-state index in [0.29, 0.717) is 0 Å². The Kier molecular flexibility index (Phi) is 19.0. The van der Waals surface area contributed by atoms with Crippen LogP contribution in [0.1, 0.15) is 116 Å². The largest absolute Gasteiger partial charge is 0.417 e. The van der Waals surface area contributed by atoms with E-state index in [2.05, 4.69) is 40.7 Å². The predicted molar refractivity (Wildman–Crippen MR) is 135 cm³/mol. The van der Waals surface area contributed by atoms with Gasteiger partial charge in [-0.2, -0.15) is 0 Å². The van der Waals surface area contributed by atoms with E-state index in [9.17, 15) is 0 Å². The molecule has 0 aromatic rings. The van der Waals surface area contributed by atoms with Gasteiger partial charge in [-0.25, -0.2) is 0 Å². The lowest BCUT2D eigenvalue weighted by Crippen LogP contribution is -2.42. The normalized spacial score (nSPS) is 12.6. The first kappa shape index (κ1) is 29.1. The van der Waals surface area contributed by atoms with Crippen LogP contribution in [-0.4, -0.2) is 46.6 Å². The van der Waals surface area contributed by atoms with Crippen LogP contribution < -0.4 is 0 Å². The summed E-state index contributed by atoms with van der Waals surface area (Å²) in [6, 6.07) is 0. The first-order chi connectivity index (χ1) is 13.8. The first-order valence-electron chi connectivity index (χ1n) is 13.2. The van der Waals surface area contributed by atoms with Crippen LogP contribution in [-0.2, 0) is 4.43 Å². The number of unbranched alkanes of at least 4 members (excludes halogenated alkanes) is 15. The van der Waals surface area contributed by atoms with Crippen molar-refractivity contribution < 1.29 is 8.91 Å². The topological polar surface area (TPSA) is 9.23 Å². The zero-order valence-corrected chi connectivity index (χ0v) is 22.5. The van der Waals surface area contributed by atoms with E-state index in [1.165, 1.54) is 122 Å². The van der Waals surface area contributed by atoms with Crippen molar-refractivity contribution >= 4 is 8.32 Å². The predicted octanol–water partition coefficient (Wildman–Crippen LogP) is 8.57. The average Bonchev–Trinajstić information content (AvgIpc) is 2.64. The number of nitrogens with zero attached hydrogens (tertiary/aromatic N) is 1. The molecule has 0 saturated carbocycles. The minimum Gasteiger partial charge on any atom is -0.417 e. The third-order valence-corrected chi connectivity index (χ3v) is 7.13. The number of quaternary nitrogens is 1. The van der Waals surface area contributed by atoms with Crippen molar-refractivity contribution in [1.82, 2.24) is 0 Å². The Labute approximate surface area is 186 Å². The van der Waals surface area contributed by atoms with Crippen LogP contribution in [0.15, 0.2) is 0 Å². The SMILES string of the molecule is CCCCCCCCCCCCCCCCCC[N+](C)(C)CCCO[Si](C)(C)C. The lowest BCUT2D eigenvalue weighted by atomic mass is 10.0. The van der Waals surface area contributed by atoms with Gasteiger partial charge in [-0.05, 0) is 32.5 Å². The summed E-state index contributed by atoms with van der Waals surface area (Å²) in [6.07, 6.45) is 24.4. The van der Waals surface area contributed by atoms with Crippen molar-refractivity contribution in [2.24, 2.45) is 0 Å². The van der Waals surface area contributed by atoms with Crippen molar-refractivity contribution in [3.63, 3.8) is 0 Å². The summed E-state index contributed by atoms with van der Waals surface area (Å²) in [7, 11) is 3.45. The maximum Gasteiger partial charge on any atom is 0.183 e. The molecular weight excluding hydrogens is 370 g/mol. The summed E-state index contributed by atoms with van der Waals surface area (Å²) in [5, 5.41) is 0. The van der Waals surface area contributed by atoms with E-state index in [0.717, 1.165) is 11.1 Å². The van der Waals surface area contributed by atoms with Crippen LogP contribution in [0.25, 0.3) is 0 Å². The van der Waals surface area contributed by atoms with Crippen molar-refractivity contribution in [3.8, 4) is 0 Å². The molecule has 0 aromatic carbocycles. The van der Waals surface area contributed by atoms with Crippen molar-refractivity contribution in [1.29, 1.82) is 0 Å². The van der Waals surface area contributed by atoms with E-state index in [4.69, 9.17) is 4.43 Å². The molecule has 0 radical (unpaired) electrons. The van der Waals surface area contributed by atoms with Gasteiger partial charge in [-0.1, -0.05) is 96.8 Å². The molecule has 0 aliphatic rings. The minimum absolute atomic E-state index is 0.955. The highest BCUT2D eigenvalue weighted by molar-refractivity contribution is 6.69. The van der Waals surface area contributed by atoms with Gasteiger partial charge in [0.15, 0.2) is 8.32 Å². The van der Waals surface area contributed by atoms with Gasteiger partial charge >= 0.3 is 0 Å². The second-order valence-electron chi connectivity index (χ2n) is 11.0. The fourth-order valence-corrected chi connectivity index (χ4v) is 4.83. The zero-order chi connectivity index (χ0) is 21.8. The van der Waals surface area contributed by atoms with Crippen LogP contribution >= 0.6 is 0 Å². The highest BCUT2D eigenvalue weighted by Gasteiger charge is 2.17. The van der Waals surface area contributed by atoms with Crippen molar-refractivity contribution in [2.75, 3.05) is 33.8 Å². The summed E-state index contributed by atoms with van der Waals surface area (Å²) >= 11 is 0. The highest BCUT2D eigenvalue weighted by Crippen LogP contribution is 2.14. The molecule has 0 aliphatic carbocycles. The smallest absolute Gasteiger partial charge is 0.183 e. The van der Waals surface area contributed by atoms with E-state index in [-0.39, 0.29) is 0 Å². The maximum atomic E-state index is 5.99. The molecule has 2 nitrogen and oxygen atoms in total. The van der Waals surface area contributed by atoms with E-state index < -0.39 is 8.32 Å². The van der Waals surface area contributed by atoms with Crippen LogP contribution in [0, 0.1) is 0 Å². The molecule has 0 unspecified atom stereocenters. The highest BCUT2D eigenvalue weighted by atomic mass is 28.4. The molecule has 0 bridgehead atoms. The monoisotopic (exact) mass is 428 g/mol. The zero-order valence-electron chi connectivity index (χ0n) is 21.5. The molecule has 0 aliphatic heterocycles. The standard InChI is InChI=1S/C26H58NOSi/c1-7-8-9-10-11-12-13-14-15-16-17-18-19-20-21-22-24-27(2,3)25-23-26-28-29(4,5)6/h7-26H2,1-6H3/q+1. The van der Waals surface area contributed by atoms with E-state index in [1.54, 1.807) is 0 Å². The molecule has 0 heterocycles. The van der Waals surface area contributed by atoms with Crippen LogP contribution in [0.2, 0.25) is 19.6 Å². The van der Waals surface area contributed by atoms with Gasteiger partial charge in [0.1, 0.15) is 0 Å². The van der Waals surface area contributed by atoms with Gasteiger partial charge in [0, 0.05) is 13.0 Å². The van der Waals surface area contributed by atoms with Gasteiger partial charge in [0.2, 0.25) is 0 Å². The molecule has 0 spiro atoms. The van der Waals surface area contributed by atoms with Crippen LogP contribution in [0.5, 0.6) is 0 Å². The summed E-state index contributed by atoms with van der Waals surface area (Å²) in [4.78, 5) is 0. The average molecular weight is 429 g/mol. The lowest BCUT2D eigenvalue weighted by Gasteiger charge is -2.30. The van der Waals surface area contributed by atoms with Gasteiger partial charge in [-0.3, -0.25) is 0 Å². The van der Waals surface area contributed by atoms with Crippen molar-refractivity contribution in [3.05, 3.63) is 0 Å². The van der Waals surface area contributed by atoms with Crippen LogP contribution in [0.3, 0.4) is 0 Å². The number of rotatable bonds is 22. The Balaban J connectivity index is 3.29. The molecule has 176 valence electrons. The molecule has 0 amide bonds. The first-order valence-corrected chi connectivity index (χ1v) is 16.6. The van der Waals surface area contributed by atoms with Gasteiger partial charge in [-0.15, -0.1) is 0 Å². The lowest BCUT2D eigenvalue weighted by molar-refractivity contribution is -0.890. The molecule has 0 fully saturated rings. The quantitative estimate of drug-likeness (QED) is 0.0952. The Morgan fingerprint density at radius 3 is 1.24 bits per heavy atom. The van der Waals surface area contributed by atoms with Gasteiger partial charge < -0.3 is 8.91 Å². The van der Waals surface area contributed by atoms with Crippen LogP contribution in [0.4, 0.5) is 0 Å². The molecular formula is C26H58NOSi+. The molecule has 3 heteroatoms. The molecule has 0 atom stereocenters. The third kappa shape index (κ3) is 24.3.